The summed E-state index contributed by atoms with van der Waals surface area (Å²) >= 11 is 0. The van der Waals surface area contributed by atoms with Crippen molar-refractivity contribution in [2.24, 2.45) is 0 Å². The maximum atomic E-state index is 10.5. The van der Waals surface area contributed by atoms with Crippen molar-refractivity contribution in [3.63, 3.8) is 0 Å². The summed E-state index contributed by atoms with van der Waals surface area (Å²) in [6.45, 7) is 0.437. The molecular weight excluding hydrogens is 288 g/mol. The van der Waals surface area contributed by atoms with Crippen LogP contribution in [-0.2, 0) is 6.61 Å². The summed E-state index contributed by atoms with van der Waals surface area (Å²) < 4.78 is 5.75. The number of rotatable bonds is 5. The number of aliphatic hydroxyl groups is 1. The van der Waals surface area contributed by atoms with Crippen LogP contribution in [0.25, 0.3) is 0 Å². The first-order chi connectivity index (χ1) is 11.2. The molecule has 1 unspecified atom stereocenters. The van der Waals surface area contributed by atoms with Crippen molar-refractivity contribution in [3.8, 4) is 11.5 Å². The number of hydrogen-bond acceptors (Lipinski definition) is 3. The Hall–Kier alpha value is -2.78. The van der Waals surface area contributed by atoms with Crippen LogP contribution >= 0.6 is 0 Å². The van der Waals surface area contributed by atoms with Crippen LogP contribution < -0.4 is 4.74 Å². The van der Waals surface area contributed by atoms with Crippen LogP contribution in [0.3, 0.4) is 0 Å². The highest BCUT2D eigenvalue weighted by atomic mass is 16.5. The largest absolute Gasteiger partial charge is 0.508 e. The Morgan fingerprint density at radius 1 is 0.826 bits per heavy atom. The molecule has 0 aliphatic carbocycles. The molecule has 3 nitrogen and oxygen atoms in total. The van der Waals surface area contributed by atoms with Gasteiger partial charge in [0.1, 0.15) is 24.2 Å². The van der Waals surface area contributed by atoms with Crippen molar-refractivity contribution in [2.45, 2.75) is 12.7 Å². The van der Waals surface area contributed by atoms with Gasteiger partial charge in [-0.2, -0.15) is 0 Å². The van der Waals surface area contributed by atoms with Crippen molar-refractivity contribution in [1.29, 1.82) is 0 Å². The summed E-state index contributed by atoms with van der Waals surface area (Å²) in [5, 5.41) is 20.5. The molecule has 2 N–H and O–H groups in total. The molecule has 3 heteroatoms. The third-order valence-electron chi connectivity index (χ3n) is 3.66. The summed E-state index contributed by atoms with van der Waals surface area (Å²) in [7, 11) is 0. The molecule has 0 radical (unpaired) electrons. The Balaban J connectivity index is 1.79. The highest BCUT2D eigenvalue weighted by molar-refractivity contribution is 5.44. The number of phenolic OH excluding ortho intramolecular Hbond substituents is 1. The van der Waals surface area contributed by atoms with E-state index in [4.69, 9.17) is 4.74 Å². The van der Waals surface area contributed by atoms with E-state index in [2.05, 4.69) is 0 Å². The first kappa shape index (κ1) is 15.1. The van der Waals surface area contributed by atoms with Gasteiger partial charge in [0, 0.05) is 5.56 Å². The topological polar surface area (TPSA) is 49.7 Å². The molecule has 0 saturated heterocycles. The molecule has 0 aromatic heterocycles. The Bertz CT molecular complexity index is 754. The molecule has 0 aliphatic heterocycles. The molecule has 116 valence electrons. The number of hydrogen-bond donors (Lipinski definition) is 2. The van der Waals surface area contributed by atoms with E-state index in [1.165, 1.54) is 0 Å². The highest BCUT2D eigenvalue weighted by Gasteiger charge is 2.15. The molecule has 1 atom stereocenters. The second kappa shape index (κ2) is 6.99. The Kier molecular flexibility index (Phi) is 4.60. The Morgan fingerprint density at radius 3 is 2.17 bits per heavy atom. The lowest BCUT2D eigenvalue weighted by Crippen LogP contribution is -2.01. The van der Waals surface area contributed by atoms with Gasteiger partial charge in [0.05, 0.1) is 0 Å². The zero-order valence-corrected chi connectivity index (χ0v) is 12.6. The average Bonchev–Trinajstić information content (AvgIpc) is 2.62. The van der Waals surface area contributed by atoms with Gasteiger partial charge < -0.3 is 14.9 Å². The molecule has 3 aromatic rings. The lowest BCUT2D eigenvalue weighted by atomic mass is 10.0. The van der Waals surface area contributed by atoms with E-state index in [9.17, 15) is 10.2 Å². The van der Waals surface area contributed by atoms with Crippen LogP contribution in [0, 0.1) is 0 Å². The van der Waals surface area contributed by atoms with Gasteiger partial charge in [0.2, 0.25) is 0 Å². The third-order valence-corrected chi connectivity index (χ3v) is 3.66. The van der Waals surface area contributed by atoms with Crippen molar-refractivity contribution in [2.75, 3.05) is 0 Å². The summed E-state index contributed by atoms with van der Waals surface area (Å²) in [4.78, 5) is 0. The van der Waals surface area contributed by atoms with Gasteiger partial charge in [-0.3, -0.25) is 0 Å². The van der Waals surface area contributed by atoms with Crippen molar-refractivity contribution < 1.29 is 14.9 Å². The molecule has 0 heterocycles. The van der Waals surface area contributed by atoms with Crippen molar-refractivity contribution >= 4 is 0 Å². The minimum Gasteiger partial charge on any atom is -0.508 e. The monoisotopic (exact) mass is 306 g/mol. The van der Waals surface area contributed by atoms with Gasteiger partial charge in [-0.05, 0) is 29.3 Å². The van der Waals surface area contributed by atoms with Gasteiger partial charge in [-0.15, -0.1) is 0 Å². The molecule has 0 saturated carbocycles. The smallest absolute Gasteiger partial charge is 0.122 e. The molecule has 0 amide bonds. The zero-order chi connectivity index (χ0) is 16.1. The lowest BCUT2D eigenvalue weighted by molar-refractivity contribution is 0.214. The number of benzene rings is 3. The minimum absolute atomic E-state index is 0.0495. The number of aromatic hydroxyl groups is 1. The van der Waals surface area contributed by atoms with Crippen LogP contribution in [-0.4, -0.2) is 10.2 Å². The Labute approximate surface area is 135 Å². The first-order valence-electron chi connectivity index (χ1n) is 7.46. The molecular formula is C20H18O3. The highest BCUT2D eigenvalue weighted by Crippen LogP contribution is 2.32. The minimum atomic E-state index is -0.892. The molecule has 0 aliphatic rings. The van der Waals surface area contributed by atoms with Crippen LogP contribution in [0.4, 0.5) is 0 Å². The quantitative estimate of drug-likeness (QED) is 0.747. The molecule has 0 spiro atoms. The normalized spacial score (nSPS) is 11.9. The van der Waals surface area contributed by atoms with Gasteiger partial charge in [-0.25, -0.2) is 0 Å². The third kappa shape index (κ3) is 3.71. The number of ether oxygens (including phenoxy) is 1. The van der Waals surface area contributed by atoms with E-state index in [0.29, 0.717) is 17.9 Å². The van der Waals surface area contributed by atoms with Crippen LogP contribution in [0.2, 0.25) is 0 Å². The summed E-state index contributed by atoms with van der Waals surface area (Å²) in [5.41, 5.74) is 2.22. The first-order valence-corrected chi connectivity index (χ1v) is 7.46. The second-order valence-electron chi connectivity index (χ2n) is 5.31. The maximum Gasteiger partial charge on any atom is 0.122 e. The number of aliphatic hydroxyl groups excluding tert-OH is 1. The molecule has 3 aromatic carbocycles. The van der Waals surface area contributed by atoms with Gasteiger partial charge in [-0.1, -0.05) is 60.7 Å². The van der Waals surface area contributed by atoms with Crippen molar-refractivity contribution in [3.05, 3.63) is 95.6 Å². The Morgan fingerprint density at radius 2 is 1.48 bits per heavy atom. The standard InChI is InChI=1S/C20H18O3/c21-19-12-11-17(23-14-15-7-3-1-4-8-15)13-18(19)20(22)16-9-5-2-6-10-16/h1-13,20-22H,14H2. The fourth-order valence-corrected chi connectivity index (χ4v) is 2.40. The fraction of sp³-hybridized carbons (Fsp3) is 0.100. The lowest BCUT2D eigenvalue weighted by Gasteiger charge is -2.15. The summed E-state index contributed by atoms with van der Waals surface area (Å²) in [6.07, 6.45) is -0.892. The zero-order valence-electron chi connectivity index (χ0n) is 12.6. The molecule has 0 bridgehead atoms. The predicted octanol–water partition coefficient (Wildman–Crippen LogP) is 4.05. The van der Waals surface area contributed by atoms with Crippen LogP contribution in [0.15, 0.2) is 78.9 Å². The van der Waals surface area contributed by atoms with E-state index >= 15 is 0 Å². The second-order valence-corrected chi connectivity index (χ2v) is 5.31. The van der Waals surface area contributed by atoms with Crippen LogP contribution in [0.1, 0.15) is 22.8 Å². The molecule has 3 rings (SSSR count). The van der Waals surface area contributed by atoms with E-state index in [-0.39, 0.29) is 5.75 Å². The van der Waals surface area contributed by atoms with Crippen molar-refractivity contribution in [1.82, 2.24) is 0 Å². The number of phenols is 1. The predicted molar refractivity (Wildman–Crippen MR) is 89.4 cm³/mol. The van der Waals surface area contributed by atoms with Gasteiger partial charge >= 0.3 is 0 Å². The van der Waals surface area contributed by atoms with E-state index in [1.807, 2.05) is 60.7 Å². The van der Waals surface area contributed by atoms with Gasteiger partial charge in [0.25, 0.3) is 0 Å². The summed E-state index contributed by atoms with van der Waals surface area (Å²) in [5.74, 6) is 0.657. The van der Waals surface area contributed by atoms with E-state index in [0.717, 1.165) is 11.1 Å². The average molecular weight is 306 g/mol. The van der Waals surface area contributed by atoms with Gasteiger partial charge in [0.15, 0.2) is 0 Å². The van der Waals surface area contributed by atoms with E-state index < -0.39 is 6.10 Å². The summed E-state index contributed by atoms with van der Waals surface area (Å²) in [6, 6.07) is 24.0. The SMILES string of the molecule is Oc1ccc(OCc2ccccc2)cc1C(O)c1ccccc1. The van der Waals surface area contributed by atoms with Crippen LogP contribution in [0.5, 0.6) is 11.5 Å². The molecule has 23 heavy (non-hydrogen) atoms. The van der Waals surface area contributed by atoms with E-state index in [1.54, 1.807) is 18.2 Å². The fourth-order valence-electron chi connectivity index (χ4n) is 2.40. The molecule has 0 fully saturated rings. The maximum absolute atomic E-state index is 10.5.